The van der Waals surface area contributed by atoms with E-state index in [9.17, 15) is 4.79 Å². The largest absolute Gasteiger partial charge is 0.396 e. The van der Waals surface area contributed by atoms with Gasteiger partial charge in [-0.15, -0.1) is 0 Å². The molecule has 1 aromatic rings. The fraction of sp³-hybridized carbons (Fsp3) is 0.562. The molecule has 116 valence electrons. The van der Waals surface area contributed by atoms with Gasteiger partial charge in [-0.05, 0) is 49.9 Å². The van der Waals surface area contributed by atoms with Crippen LogP contribution in [0, 0.1) is 0 Å². The first kappa shape index (κ1) is 16.3. The molecule has 0 radical (unpaired) electrons. The minimum atomic E-state index is 0.0563. The Hall–Kier alpha value is -1.10. The summed E-state index contributed by atoms with van der Waals surface area (Å²) in [6.07, 6.45) is 4.06. The summed E-state index contributed by atoms with van der Waals surface area (Å²) in [4.78, 5) is 14.3. The predicted molar refractivity (Wildman–Crippen MR) is 84.2 cm³/mol. The average molecular weight is 311 g/mol. The van der Waals surface area contributed by atoms with Crippen LogP contribution in [0.3, 0.4) is 0 Å². The van der Waals surface area contributed by atoms with Crippen molar-refractivity contribution in [2.75, 3.05) is 19.7 Å². The first-order valence-electron chi connectivity index (χ1n) is 7.55. The number of carbonyl (C=O) groups excluding carboxylic acids is 1. The summed E-state index contributed by atoms with van der Waals surface area (Å²) in [6.45, 7) is 2.19. The highest BCUT2D eigenvalue weighted by Gasteiger charge is 2.25. The highest BCUT2D eigenvalue weighted by atomic mass is 35.5. The summed E-state index contributed by atoms with van der Waals surface area (Å²) in [5.41, 5.74) is 1.05. The van der Waals surface area contributed by atoms with Crippen molar-refractivity contribution in [1.82, 2.24) is 10.2 Å². The Morgan fingerprint density at radius 3 is 2.86 bits per heavy atom. The van der Waals surface area contributed by atoms with E-state index in [0.29, 0.717) is 24.2 Å². The first-order valence-corrected chi connectivity index (χ1v) is 7.93. The van der Waals surface area contributed by atoms with Crippen LogP contribution in [-0.2, 0) is 11.3 Å². The summed E-state index contributed by atoms with van der Waals surface area (Å²) >= 11 is 5.83. The van der Waals surface area contributed by atoms with E-state index in [4.69, 9.17) is 16.7 Å². The Labute approximate surface area is 131 Å². The summed E-state index contributed by atoms with van der Waals surface area (Å²) in [7, 11) is 0. The van der Waals surface area contributed by atoms with E-state index < -0.39 is 0 Å². The van der Waals surface area contributed by atoms with E-state index in [0.717, 1.165) is 37.8 Å². The predicted octanol–water partition coefficient (Wildman–Crippen LogP) is 2.19. The number of amides is 1. The molecular formula is C16H23ClN2O2. The van der Waals surface area contributed by atoms with Crippen molar-refractivity contribution in [1.29, 1.82) is 0 Å². The quantitative estimate of drug-likeness (QED) is 0.812. The molecule has 1 fully saturated rings. The zero-order valence-electron chi connectivity index (χ0n) is 12.2. The molecule has 2 N–H and O–H groups in total. The Balaban J connectivity index is 1.74. The monoisotopic (exact) mass is 310 g/mol. The van der Waals surface area contributed by atoms with Crippen LogP contribution in [0.15, 0.2) is 24.3 Å². The highest BCUT2D eigenvalue weighted by Crippen LogP contribution is 2.20. The lowest BCUT2D eigenvalue weighted by molar-refractivity contribution is -0.122. The smallest absolute Gasteiger partial charge is 0.234 e. The molecule has 1 saturated heterocycles. The van der Waals surface area contributed by atoms with Crippen LogP contribution in [-0.4, -0.2) is 41.7 Å². The van der Waals surface area contributed by atoms with Gasteiger partial charge in [0.15, 0.2) is 0 Å². The second-order valence-corrected chi connectivity index (χ2v) is 5.97. The molecular weight excluding hydrogens is 288 g/mol. The van der Waals surface area contributed by atoms with Gasteiger partial charge in [0, 0.05) is 24.2 Å². The number of benzene rings is 1. The number of aliphatic hydroxyl groups excluding tert-OH is 1. The van der Waals surface area contributed by atoms with Crippen LogP contribution >= 0.6 is 11.6 Å². The van der Waals surface area contributed by atoms with Gasteiger partial charge in [0.2, 0.25) is 5.91 Å². The molecule has 0 aromatic heterocycles. The maximum atomic E-state index is 12.0. The van der Waals surface area contributed by atoms with Gasteiger partial charge in [0.05, 0.1) is 6.54 Å². The molecule has 0 spiro atoms. The Morgan fingerprint density at radius 1 is 1.38 bits per heavy atom. The Bertz CT molecular complexity index is 450. The summed E-state index contributed by atoms with van der Waals surface area (Å²) in [5.74, 6) is 0.0563. The average Bonchev–Trinajstić information content (AvgIpc) is 2.91. The second-order valence-electron chi connectivity index (χ2n) is 5.54. The van der Waals surface area contributed by atoms with E-state index >= 15 is 0 Å². The minimum absolute atomic E-state index is 0.0563. The van der Waals surface area contributed by atoms with E-state index in [1.807, 2.05) is 24.3 Å². The molecule has 5 heteroatoms. The second kappa shape index (κ2) is 8.37. The van der Waals surface area contributed by atoms with Crippen LogP contribution in [0.2, 0.25) is 5.02 Å². The van der Waals surface area contributed by atoms with Crippen LogP contribution in [0.1, 0.15) is 31.2 Å². The van der Waals surface area contributed by atoms with Crippen LogP contribution in [0.5, 0.6) is 0 Å². The topological polar surface area (TPSA) is 52.6 Å². The SMILES string of the molecule is O=C(CN1CCCC1CCCO)NCc1ccc(Cl)cc1. The summed E-state index contributed by atoms with van der Waals surface area (Å²) < 4.78 is 0. The number of nitrogens with zero attached hydrogens (tertiary/aromatic N) is 1. The molecule has 1 aliphatic heterocycles. The molecule has 1 aliphatic rings. The minimum Gasteiger partial charge on any atom is -0.396 e. The van der Waals surface area contributed by atoms with E-state index in [-0.39, 0.29) is 12.5 Å². The van der Waals surface area contributed by atoms with E-state index in [1.165, 1.54) is 0 Å². The van der Waals surface area contributed by atoms with Crippen molar-refractivity contribution in [3.05, 3.63) is 34.9 Å². The number of hydrogen-bond acceptors (Lipinski definition) is 3. The molecule has 1 heterocycles. The molecule has 0 aliphatic carbocycles. The Kier molecular flexibility index (Phi) is 6.49. The van der Waals surface area contributed by atoms with Gasteiger partial charge in [0.1, 0.15) is 0 Å². The molecule has 1 atom stereocenters. The molecule has 21 heavy (non-hydrogen) atoms. The summed E-state index contributed by atoms with van der Waals surface area (Å²) in [5, 5.41) is 12.6. The molecule has 1 unspecified atom stereocenters. The number of rotatable bonds is 7. The maximum absolute atomic E-state index is 12.0. The fourth-order valence-electron chi connectivity index (χ4n) is 2.80. The lowest BCUT2D eigenvalue weighted by Crippen LogP contribution is -2.39. The van der Waals surface area contributed by atoms with Gasteiger partial charge in [-0.3, -0.25) is 9.69 Å². The van der Waals surface area contributed by atoms with Crippen molar-refractivity contribution in [3.8, 4) is 0 Å². The van der Waals surface area contributed by atoms with Gasteiger partial charge < -0.3 is 10.4 Å². The van der Waals surface area contributed by atoms with Crippen LogP contribution in [0.25, 0.3) is 0 Å². The normalized spacial score (nSPS) is 18.9. The van der Waals surface area contributed by atoms with Gasteiger partial charge >= 0.3 is 0 Å². The molecule has 4 nitrogen and oxygen atoms in total. The fourth-order valence-corrected chi connectivity index (χ4v) is 2.93. The number of carbonyl (C=O) groups is 1. The Morgan fingerprint density at radius 2 is 2.14 bits per heavy atom. The standard InChI is InChI=1S/C16H23ClN2O2/c17-14-7-5-13(6-8-14)11-18-16(21)12-19-9-1-3-15(19)4-2-10-20/h5-8,15,20H,1-4,9-12H2,(H,18,21). The van der Waals surface area contributed by atoms with Gasteiger partial charge in [0.25, 0.3) is 0 Å². The first-order chi connectivity index (χ1) is 10.2. The molecule has 0 bridgehead atoms. The third-order valence-corrected chi connectivity index (χ3v) is 4.20. The molecule has 2 rings (SSSR count). The number of likely N-dealkylation sites (tertiary alicyclic amines) is 1. The van der Waals surface area contributed by atoms with Crippen LogP contribution in [0.4, 0.5) is 0 Å². The van der Waals surface area contributed by atoms with Crippen LogP contribution < -0.4 is 5.32 Å². The molecule has 1 amide bonds. The van der Waals surface area contributed by atoms with E-state index in [2.05, 4.69) is 10.2 Å². The number of nitrogens with one attached hydrogen (secondary N) is 1. The molecule has 0 saturated carbocycles. The van der Waals surface area contributed by atoms with Gasteiger partial charge in [-0.2, -0.15) is 0 Å². The lowest BCUT2D eigenvalue weighted by Gasteiger charge is -2.23. The maximum Gasteiger partial charge on any atom is 0.234 e. The lowest BCUT2D eigenvalue weighted by atomic mass is 10.1. The van der Waals surface area contributed by atoms with E-state index in [1.54, 1.807) is 0 Å². The van der Waals surface area contributed by atoms with Crippen molar-refractivity contribution in [2.24, 2.45) is 0 Å². The third kappa shape index (κ3) is 5.30. The number of aliphatic hydroxyl groups is 1. The highest BCUT2D eigenvalue weighted by molar-refractivity contribution is 6.30. The van der Waals surface area contributed by atoms with Crippen molar-refractivity contribution < 1.29 is 9.90 Å². The van der Waals surface area contributed by atoms with Gasteiger partial charge in [-0.1, -0.05) is 23.7 Å². The molecule has 1 aromatic carbocycles. The van der Waals surface area contributed by atoms with Crippen molar-refractivity contribution in [2.45, 2.75) is 38.3 Å². The zero-order valence-corrected chi connectivity index (χ0v) is 13.0. The number of halogens is 1. The number of hydrogen-bond donors (Lipinski definition) is 2. The van der Waals surface area contributed by atoms with Gasteiger partial charge in [-0.25, -0.2) is 0 Å². The van der Waals surface area contributed by atoms with Crippen molar-refractivity contribution >= 4 is 17.5 Å². The van der Waals surface area contributed by atoms with Crippen molar-refractivity contribution in [3.63, 3.8) is 0 Å². The summed E-state index contributed by atoms with van der Waals surface area (Å²) in [6, 6.07) is 7.94. The zero-order chi connectivity index (χ0) is 15.1. The third-order valence-electron chi connectivity index (χ3n) is 3.94.